The number of alkyl halides is 9. The molecule has 6 aliphatic heterocycles. The minimum atomic E-state index is -4.87. The van der Waals surface area contributed by atoms with E-state index in [2.05, 4.69) is 27.6 Å². The van der Waals surface area contributed by atoms with Gasteiger partial charge in [-0.15, -0.1) is 13.2 Å². The number of benzene rings is 3. The Kier molecular flexibility index (Phi) is 41.3. The minimum Gasteiger partial charge on any atom is -0.540 e. The van der Waals surface area contributed by atoms with Crippen LogP contribution in [-0.2, 0) is 127 Å². The molecular weight excluding hydrogens is 1930 g/mol. The van der Waals surface area contributed by atoms with Gasteiger partial charge in [-0.1, -0.05) is 159 Å². The summed E-state index contributed by atoms with van der Waals surface area (Å²) >= 11 is 0. The van der Waals surface area contributed by atoms with Crippen molar-refractivity contribution in [1.29, 1.82) is 0 Å². The Morgan fingerprint density at radius 1 is 0.457 bits per heavy atom. The van der Waals surface area contributed by atoms with Gasteiger partial charge in [0.05, 0.1) is 77.4 Å². The van der Waals surface area contributed by atoms with Crippen molar-refractivity contribution < 1.29 is 182 Å². The van der Waals surface area contributed by atoms with Crippen molar-refractivity contribution >= 4 is 87.7 Å². The third-order valence-electron chi connectivity index (χ3n) is 27.4. The van der Waals surface area contributed by atoms with E-state index in [4.69, 9.17) is 53.3 Å². The summed E-state index contributed by atoms with van der Waals surface area (Å²) in [7, 11) is 0. The largest absolute Gasteiger partial charge is 0.573 e. The number of carbonyl (C=O) groups excluding carboxylic acids is 9. The number of aryl methyl sites for hydroxylation is 3. The number of hydrogen-bond donors (Lipinski definition) is 3. The number of amides is 4. The van der Waals surface area contributed by atoms with Crippen molar-refractivity contribution in [3.05, 3.63) is 71.7 Å². The average Bonchev–Trinajstić information content (AvgIpc) is 1.61. The summed E-state index contributed by atoms with van der Waals surface area (Å²) in [4.78, 5) is 151. The van der Waals surface area contributed by atoms with Gasteiger partial charge >= 0.3 is 37.8 Å². The molecule has 18 atom stereocenters. The zero-order valence-corrected chi connectivity index (χ0v) is 84.3. The van der Waals surface area contributed by atoms with Crippen molar-refractivity contribution in [3.63, 3.8) is 0 Å². The summed E-state index contributed by atoms with van der Waals surface area (Å²) in [6.45, 7) is 17.9. The fourth-order valence-corrected chi connectivity index (χ4v) is 19.8. The molecule has 3 radical (unpaired) electrons. The molecule has 3 N–H and O–H groups in total. The summed E-state index contributed by atoms with van der Waals surface area (Å²) in [6, 6.07) is 10.0. The molecular formula is C98H126F9N10O18V3-3. The Bertz CT molecular complexity index is 5150. The van der Waals surface area contributed by atoms with Crippen LogP contribution in [0.25, 0.3) is 33.1 Å². The maximum atomic E-state index is 14.1. The SMILES string of the molecule is CC[C@@H]1[C@@H]2CN(C(=O)[C@H](C(C)(C)C)CC(=O)O[C@@H]3C[C@H]3CCCCCc3nc4ccc(O)cc4nc3O2)[C@@H]1[C-]=O.CC[C@@H]1[C@@H]2CN(C(=O)[C@H](C(C)(C)C)CC(=O)O[C@]3(C)C[C@H]3CCCCCc3nc4ccc(O)cc4nc3O2)[C@@H]1[C-]=O.CC[C@@H]1[C@@H]2CN(C(=O)[C@H](C(C)(C)C)NC(=O)O[C@@H]3CCC[C@H]3CCCCCc3nc4ccc(OC(F)(F)F)cc4nc3O2)[C@@H]1[C-]=O.FC(F)F.FC(F)F.[V].[V].[V]. The molecule has 3 saturated carbocycles. The Morgan fingerprint density at radius 2 is 0.841 bits per heavy atom. The van der Waals surface area contributed by atoms with E-state index in [-0.39, 0.29) is 165 Å². The smallest absolute Gasteiger partial charge is 0.540 e. The molecule has 9 heterocycles. The molecule has 6 bridgehead atoms. The maximum absolute atomic E-state index is 14.1. The zero-order valence-electron chi connectivity index (χ0n) is 80.2. The fraction of sp³-hybridized carbons (Fsp3) is 0.663. The van der Waals surface area contributed by atoms with Gasteiger partial charge in [0.2, 0.25) is 35.4 Å². The van der Waals surface area contributed by atoms with Gasteiger partial charge in [0.1, 0.15) is 76.5 Å². The maximum Gasteiger partial charge on any atom is 0.573 e. The van der Waals surface area contributed by atoms with Crippen LogP contribution in [0.15, 0.2) is 54.6 Å². The number of halogens is 9. The number of hydrogen-bond acceptors (Lipinski definition) is 24. The molecule has 138 heavy (non-hydrogen) atoms. The molecule has 3 aromatic heterocycles. The fourth-order valence-electron chi connectivity index (χ4n) is 19.8. The number of fused-ring (bicyclic) bond motifs is 15. The van der Waals surface area contributed by atoms with Gasteiger partial charge < -0.3 is 77.8 Å². The first-order valence-electron chi connectivity index (χ1n) is 47.1. The summed E-state index contributed by atoms with van der Waals surface area (Å²) in [5.41, 5.74) is 2.69. The monoisotopic (exact) mass is 2050 g/mol. The molecule has 9 aliphatic rings. The van der Waals surface area contributed by atoms with Gasteiger partial charge in [0, 0.05) is 79.8 Å². The summed E-state index contributed by atoms with van der Waals surface area (Å²) in [5.74, 6) is -2.51. The first-order chi connectivity index (χ1) is 63.7. The average molecular weight is 2060 g/mol. The molecule has 3 aliphatic carbocycles. The number of alkyl carbamates (subject to hydrolysis) is 1. The van der Waals surface area contributed by atoms with Crippen LogP contribution in [0, 0.1) is 63.6 Å². The van der Waals surface area contributed by atoms with Crippen LogP contribution >= 0.6 is 0 Å². The van der Waals surface area contributed by atoms with E-state index < -0.39 is 120 Å². The number of phenols is 2. The standard InChI is InChI=1S/C33H42F3N4O6.C32H42N3O6.C31H40N3O6.2CHF3.3V/c1-5-21-25(18-41)40-17-27(21)44-29-23(37-22-15-14-20(16-24(22)38-29)46-33(34,35)36)12-8-6-7-10-19-11-9-13-26(19)45-31(43)39-28(30(40)42)32(2,3)4;1-6-21-26(18-36)35-17-27(21)40-29-24(33-23-13-12-20(37)14-25(23)34-29)11-9-7-8-10-19-16-32(19,5)41-28(38)15-22(30(35)39)31(2,3)4;1-5-20-25(17-35)34-16-27(20)40-29-23(32-22-12-11-19(36)14-24(22)33-29)10-8-6-7-9-18-13-26(18)39-28(37)15-21(30(34)38)31(2,3)4;2*2-1(3)4;;;/h14-16,19,21,25-28H,5-13,17H2,1-4H3,(H,39,43);12-14,19,21-22,26-27,37H,6-11,15-17H2,1-5H3;11-12,14,18,20-21,25-27,36H,5-10,13,15-16H2,1-4H3;2*1H;;;/q3*-1;;;;;/t19-,21+,25-,26-,27+,28-;19-,21+,22-,26-,27+,32-;18-,20+,21-,25-,26-,27+;;;;;/m111...../s1. The number of aromatic nitrogens is 6. The number of nitrogens with one attached hydrogen (secondary N) is 1. The van der Waals surface area contributed by atoms with Gasteiger partial charge in [-0.25, -0.2) is 53.6 Å². The number of ether oxygens (including phenoxy) is 7. The van der Waals surface area contributed by atoms with E-state index in [1.165, 1.54) is 21.9 Å². The molecule has 3 saturated heterocycles. The first kappa shape index (κ1) is 115. The second-order valence-corrected chi connectivity index (χ2v) is 40.1. The van der Waals surface area contributed by atoms with Gasteiger partial charge in [0.15, 0.2) is 0 Å². The number of nitrogens with zero attached hydrogens (tertiary/aromatic N) is 9. The Hall–Kier alpha value is -8.77. The molecule has 3 aromatic carbocycles. The van der Waals surface area contributed by atoms with E-state index in [1.54, 1.807) is 41.3 Å². The first-order valence-corrected chi connectivity index (χ1v) is 47.1. The summed E-state index contributed by atoms with van der Waals surface area (Å²) in [5, 5.41) is 22.9. The number of carbonyl (C=O) groups is 6. The molecule has 6 fully saturated rings. The molecule has 6 aromatic rings. The summed E-state index contributed by atoms with van der Waals surface area (Å²) in [6.07, 6.45) is 17.8. The predicted molar refractivity (Wildman–Crippen MR) is 477 cm³/mol. The molecule has 28 nitrogen and oxygen atoms in total. The topological polar surface area (TPSA) is 358 Å². The molecule has 40 heteroatoms. The van der Waals surface area contributed by atoms with Gasteiger partial charge in [-0.05, 0) is 179 Å². The van der Waals surface area contributed by atoms with Crippen molar-refractivity contribution in [1.82, 2.24) is 49.9 Å². The zero-order chi connectivity index (χ0) is 98.5. The number of esters is 2. The van der Waals surface area contributed by atoms with E-state index in [0.29, 0.717) is 95.4 Å². The van der Waals surface area contributed by atoms with E-state index in [9.17, 15) is 92.9 Å². The quantitative estimate of drug-likeness (QED) is 0.0578. The van der Waals surface area contributed by atoms with Crippen molar-refractivity contribution in [2.45, 2.75) is 331 Å². The number of aromatic hydroxyl groups is 2. The second-order valence-electron chi connectivity index (χ2n) is 40.1. The van der Waals surface area contributed by atoms with Crippen LogP contribution in [-0.4, -0.2) is 209 Å². The van der Waals surface area contributed by atoms with E-state index in [1.807, 2.05) is 96.3 Å². The van der Waals surface area contributed by atoms with E-state index in [0.717, 1.165) is 127 Å². The normalized spacial score (nSPS) is 27.9. The van der Waals surface area contributed by atoms with Crippen LogP contribution < -0.4 is 24.3 Å². The molecule has 4 amide bonds. The van der Waals surface area contributed by atoms with Crippen LogP contribution in [0.1, 0.15) is 248 Å². The minimum absolute atomic E-state index is 0. The number of rotatable bonds is 7. The Morgan fingerprint density at radius 3 is 1.24 bits per heavy atom. The van der Waals surface area contributed by atoms with Gasteiger partial charge in [0.25, 0.3) is 0 Å². The molecule has 0 spiro atoms. The van der Waals surface area contributed by atoms with Crippen molar-refractivity contribution in [2.24, 2.45) is 63.6 Å². The second kappa shape index (κ2) is 49.8. The van der Waals surface area contributed by atoms with Gasteiger partial charge in [-0.2, -0.15) is 26.3 Å². The molecule has 15 rings (SSSR count). The third-order valence-corrected chi connectivity index (χ3v) is 27.4. The van der Waals surface area contributed by atoms with Crippen LogP contribution in [0.5, 0.6) is 34.9 Å². The van der Waals surface area contributed by atoms with Crippen LogP contribution in [0.4, 0.5) is 44.3 Å². The molecule has 0 unspecified atom stereocenters. The van der Waals surface area contributed by atoms with Crippen LogP contribution in [0.2, 0.25) is 0 Å². The van der Waals surface area contributed by atoms with Crippen molar-refractivity contribution in [3.8, 4) is 34.9 Å². The van der Waals surface area contributed by atoms with Gasteiger partial charge in [-0.3, -0.25) is 24.0 Å². The Labute approximate surface area is 834 Å². The van der Waals surface area contributed by atoms with E-state index >= 15 is 0 Å². The summed E-state index contributed by atoms with van der Waals surface area (Å²) < 4.78 is 138. The third kappa shape index (κ3) is 30.2. The number of phenolic OH excluding ortho intramolecular Hbond substituents is 2. The van der Waals surface area contributed by atoms with Crippen LogP contribution in [0.3, 0.4) is 0 Å². The predicted octanol–water partition coefficient (Wildman–Crippen LogP) is 17.8. The van der Waals surface area contributed by atoms with Crippen molar-refractivity contribution in [2.75, 3.05) is 19.6 Å². The Balaban J connectivity index is 0.000000242. The molecule has 757 valence electrons.